The third kappa shape index (κ3) is 2.51. The summed E-state index contributed by atoms with van der Waals surface area (Å²) in [6.07, 6.45) is 4.18. The van der Waals surface area contributed by atoms with Crippen LogP contribution in [0.2, 0.25) is 0 Å². The van der Waals surface area contributed by atoms with Crippen molar-refractivity contribution in [2.75, 3.05) is 7.11 Å². The van der Waals surface area contributed by atoms with Crippen molar-refractivity contribution in [1.82, 2.24) is 9.55 Å². The summed E-state index contributed by atoms with van der Waals surface area (Å²) in [5.74, 6) is 1.11. The number of methoxy groups -OCH3 is 1. The zero-order valence-electron chi connectivity index (χ0n) is 11.7. The van der Waals surface area contributed by atoms with Crippen LogP contribution in [0.15, 0.2) is 36.7 Å². The first kappa shape index (κ1) is 14.1. The summed E-state index contributed by atoms with van der Waals surface area (Å²) in [6, 6.07) is 9.52. The Labute approximate surface area is 118 Å². The molecule has 5 heteroatoms. The Morgan fingerprint density at radius 2 is 2.20 bits per heavy atom. The number of ether oxygens (including phenoxy) is 1. The van der Waals surface area contributed by atoms with Crippen LogP contribution in [-0.4, -0.2) is 22.7 Å². The van der Waals surface area contributed by atoms with Gasteiger partial charge in [-0.3, -0.25) is 0 Å². The van der Waals surface area contributed by atoms with Crippen LogP contribution in [0.1, 0.15) is 30.8 Å². The molecular weight excluding hydrogens is 252 g/mol. The number of aromatic nitrogens is 2. The molecule has 5 nitrogen and oxygen atoms in total. The van der Waals surface area contributed by atoms with Gasteiger partial charge >= 0.3 is 0 Å². The maximum atomic E-state index is 9.18. The number of nitriles is 1. The standard InChI is InChI=1S/C15H18N4O/c1-3-12(17)15(19-9-8-18-14(19)10-16)11-6-4-5-7-13(11)20-2/h4-9,12,15H,3,17H2,1-2H3. The molecule has 2 N–H and O–H groups in total. The summed E-state index contributed by atoms with van der Waals surface area (Å²) in [7, 11) is 1.63. The molecule has 0 bridgehead atoms. The van der Waals surface area contributed by atoms with Crippen LogP contribution < -0.4 is 10.5 Å². The zero-order valence-corrected chi connectivity index (χ0v) is 11.7. The van der Waals surface area contributed by atoms with Gasteiger partial charge in [0.15, 0.2) is 0 Å². The highest BCUT2D eigenvalue weighted by Crippen LogP contribution is 2.31. The van der Waals surface area contributed by atoms with E-state index in [0.29, 0.717) is 5.82 Å². The number of hydrogen-bond donors (Lipinski definition) is 1. The molecular formula is C15H18N4O. The molecule has 2 atom stereocenters. The lowest BCUT2D eigenvalue weighted by Crippen LogP contribution is -2.33. The molecule has 0 spiro atoms. The summed E-state index contributed by atoms with van der Waals surface area (Å²) in [5.41, 5.74) is 7.23. The van der Waals surface area contributed by atoms with Gasteiger partial charge in [0.1, 0.15) is 11.8 Å². The van der Waals surface area contributed by atoms with E-state index in [1.807, 2.05) is 35.8 Å². The fourth-order valence-electron chi connectivity index (χ4n) is 2.34. The predicted molar refractivity (Wildman–Crippen MR) is 76.3 cm³/mol. The second-order valence-electron chi connectivity index (χ2n) is 4.53. The molecule has 0 fully saturated rings. The monoisotopic (exact) mass is 270 g/mol. The normalized spacial score (nSPS) is 13.5. The van der Waals surface area contributed by atoms with Crippen LogP contribution in [0.5, 0.6) is 5.75 Å². The predicted octanol–water partition coefficient (Wildman–Crippen LogP) is 2.09. The molecule has 0 aliphatic carbocycles. The van der Waals surface area contributed by atoms with Crippen LogP contribution in [0.4, 0.5) is 0 Å². The van der Waals surface area contributed by atoms with Crippen LogP contribution in [-0.2, 0) is 0 Å². The highest BCUT2D eigenvalue weighted by atomic mass is 16.5. The number of nitrogens with two attached hydrogens (primary N) is 1. The fourth-order valence-corrected chi connectivity index (χ4v) is 2.34. The van der Waals surface area contributed by atoms with Crippen molar-refractivity contribution in [3.8, 4) is 11.8 Å². The van der Waals surface area contributed by atoms with Gasteiger partial charge in [0.2, 0.25) is 5.82 Å². The first-order chi connectivity index (χ1) is 9.72. The molecule has 2 aromatic rings. The van der Waals surface area contributed by atoms with Crippen LogP contribution in [0.25, 0.3) is 0 Å². The number of hydrogen-bond acceptors (Lipinski definition) is 4. The number of rotatable bonds is 5. The quantitative estimate of drug-likeness (QED) is 0.902. The van der Waals surface area contributed by atoms with Crippen molar-refractivity contribution >= 4 is 0 Å². The summed E-state index contributed by atoms with van der Waals surface area (Å²) >= 11 is 0. The van der Waals surface area contributed by atoms with Gasteiger partial charge in [0.05, 0.1) is 13.2 Å². The van der Waals surface area contributed by atoms with E-state index in [4.69, 9.17) is 10.5 Å². The van der Waals surface area contributed by atoms with Gasteiger partial charge in [0.25, 0.3) is 0 Å². The lowest BCUT2D eigenvalue weighted by molar-refractivity contribution is 0.386. The van der Waals surface area contributed by atoms with Gasteiger partial charge in [-0.15, -0.1) is 0 Å². The summed E-state index contributed by atoms with van der Waals surface area (Å²) in [5, 5.41) is 9.18. The van der Waals surface area contributed by atoms with Crippen LogP contribution in [0, 0.1) is 11.3 Å². The Morgan fingerprint density at radius 3 is 2.85 bits per heavy atom. The van der Waals surface area contributed by atoms with Crippen molar-refractivity contribution in [3.63, 3.8) is 0 Å². The maximum absolute atomic E-state index is 9.18. The fraction of sp³-hybridized carbons (Fsp3) is 0.333. The molecule has 0 aliphatic rings. The minimum absolute atomic E-state index is 0.132. The molecule has 0 amide bonds. The van der Waals surface area contributed by atoms with E-state index in [-0.39, 0.29) is 12.1 Å². The molecule has 2 rings (SSSR count). The molecule has 2 unspecified atom stereocenters. The van der Waals surface area contributed by atoms with E-state index in [1.165, 1.54) is 0 Å². The molecule has 104 valence electrons. The Morgan fingerprint density at radius 1 is 1.45 bits per heavy atom. The van der Waals surface area contributed by atoms with E-state index in [1.54, 1.807) is 19.5 Å². The molecule has 1 aromatic carbocycles. The zero-order chi connectivity index (χ0) is 14.5. The van der Waals surface area contributed by atoms with Crippen molar-refractivity contribution in [3.05, 3.63) is 48.0 Å². The average molecular weight is 270 g/mol. The second-order valence-corrected chi connectivity index (χ2v) is 4.53. The lowest BCUT2D eigenvalue weighted by Gasteiger charge is -2.26. The Bertz CT molecular complexity index is 614. The topological polar surface area (TPSA) is 76.9 Å². The van der Waals surface area contributed by atoms with Crippen LogP contribution >= 0.6 is 0 Å². The Kier molecular flexibility index (Phi) is 4.38. The molecule has 0 saturated carbocycles. The summed E-state index contributed by atoms with van der Waals surface area (Å²) < 4.78 is 7.23. The van der Waals surface area contributed by atoms with E-state index in [9.17, 15) is 5.26 Å². The van der Waals surface area contributed by atoms with E-state index in [2.05, 4.69) is 11.1 Å². The highest BCUT2D eigenvalue weighted by Gasteiger charge is 2.25. The van der Waals surface area contributed by atoms with Gasteiger partial charge in [0, 0.05) is 24.0 Å². The van der Waals surface area contributed by atoms with Crippen molar-refractivity contribution in [2.24, 2.45) is 5.73 Å². The van der Waals surface area contributed by atoms with Gasteiger partial charge in [-0.25, -0.2) is 4.98 Å². The van der Waals surface area contributed by atoms with E-state index >= 15 is 0 Å². The molecule has 0 aliphatic heterocycles. The SMILES string of the molecule is CCC(N)C(c1ccccc1OC)n1ccnc1C#N. The molecule has 20 heavy (non-hydrogen) atoms. The summed E-state index contributed by atoms with van der Waals surface area (Å²) in [6.45, 7) is 2.02. The number of nitrogens with zero attached hydrogens (tertiary/aromatic N) is 3. The van der Waals surface area contributed by atoms with Gasteiger partial charge < -0.3 is 15.0 Å². The van der Waals surface area contributed by atoms with Gasteiger partial charge in [-0.05, 0) is 12.5 Å². The van der Waals surface area contributed by atoms with Crippen molar-refractivity contribution in [1.29, 1.82) is 5.26 Å². The number of imidazole rings is 1. The van der Waals surface area contributed by atoms with E-state index in [0.717, 1.165) is 17.7 Å². The summed E-state index contributed by atoms with van der Waals surface area (Å²) in [4.78, 5) is 4.06. The number of benzene rings is 1. The van der Waals surface area contributed by atoms with Gasteiger partial charge in [-0.1, -0.05) is 25.1 Å². The van der Waals surface area contributed by atoms with Gasteiger partial charge in [-0.2, -0.15) is 5.26 Å². The first-order valence-electron chi connectivity index (χ1n) is 6.54. The molecule has 0 radical (unpaired) electrons. The largest absolute Gasteiger partial charge is 0.496 e. The lowest BCUT2D eigenvalue weighted by atomic mass is 9.96. The molecule has 0 saturated heterocycles. The van der Waals surface area contributed by atoms with Crippen molar-refractivity contribution < 1.29 is 4.74 Å². The minimum Gasteiger partial charge on any atom is -0.496 e. The third-order valence-electron chi connectivity index (χ3n) is 3.40. The second kappa shape index (κ2) is 6.22. The molecule has 1 aromatic heterocycles. The first-order valence-corrected chi connectivity index (χ1v) is 6.54. The smallest absolute Gasteiger partial charge is 0.213 e. The third-order valence-corrected chi connectivity index (χ3v) is 3.40. The molecule has 1 heterocycles. The minimum atomic E-state index is -0.173. The van der Waals surface area contributed by atoms with Crippen molar-refractivity contribution in [2.45, 2.75) is 25.4 Å². The number of para-hydroxylation sites is 1. The van der Waals surface area contributed by atoms with Crippen LogP contribution in [0.3, 0.4) is 0 Å². The highest BCUT2D eigenvalue weighted by molar-refractivity contribution is 5.38. The average Bonchev–Trinajstić information content (AvgIpc) is 2.96. The van der Waals surface area contributed by atoms with E-state index < -0.39 is 0 Å². The Balaban J connectivity index is 2.57. The Hall–Kier alpha value is -2.32. The maximum Gasteiger partial charge on any atom is 0.213 e.